The number of nitrogens with zero attached hydrogens (tertiary/aromatic N) is 3. The van der Waals surface area contributed by atoms with E-state index in [9.17, 15) is 13.2 Å². The van der Waals surface area contributed by atoms with Crippen LogP contribution in [0.2, 0.25) is 0 Å². The van der Waals surface area contributed by atoms with Crippen molar-refractivity contribution in [2.75, 3.05) is 11.9 Å². The van der Waals surface area contributed by atoms with Crippen LogP contribution in [0, 0.1) is 13.8 Å². The first-order valence-corrected chi connectivity index (χ1v) is 11.9. The number of nitrogens with one attached hydrogen (secondary N) is 1. The van der Waals surface area contributed by atoms with Crippen molar-refractivity contribution in [3.8, 4) is 0 Å². The highest BCUT2D eigenvalue weighted by atomic mass is 32.2. The van der Waals surface area contributed by atoms with Gasteiger partial charge in [-0.2, -0.15) is 4.31 Å². The molecule has 1 amide bonds. The predicted molar refractivity (Wildman–Crippen MR) is 113 cm³/mol. The molecule has 0 saturated carbocycles. The van der Waals surface area contributed by atoms with Crippen molar-refractivity contribution in [2.45, 2.75) is 43.4 Å². The molecule has 2 aromatic heterocycles. The number of hydrogen-bond acceptors (Lipinski definition) is 7. The molecule has 3 aromatic rings. The Morgan fingerprint density at radius 2 is 2.10 bits per heavy atom. The lowest BCUT2D eigenvalue weighted by molar-refractivity contribution is -0.119. The Balaban J connectivity index is 1.44. The van der Waals surface area contributed by atoms with Gasteiger partial charge in [0.25, 0.3) is 10.0 Å². The molecule has 1 fully saturated rings. The van der Waals surface area contributed by atoms with Crippen molar-refractivity contribution in [1.82, 2.24) is 14.5 Å². The van der Waals surface area contributed by atoms with Crippen LogP contribution in [-0.4, -0.2) is 41.4 Å². The van der Waals surface area contributed by atoms with Crippen LogP contribution in [0.25, 0.3) is 0 Å². The van der Waals surface area contributed by atoms with Crippen LogP contribution >= 0.6 is 11.3 Å². The summed E-state index contributed by atoms with van der Waals surface area (Å²) in [6.07, 6.45) is 1.51. The molecule has 1 aromatic carbocycles. The third-order valence-corrected chi connectivity index (χ3v) is 8.47. The van der Waals surface area contributed by atoms with Crippen LogP contribution in [0.5, 0.6) is 0 Å². The maximum Gasteiger partial charge on any atom is 0.322 e. The van der Waals surface area contributed by atoms with E-state index in [4.69, 9.17) is 4.42 Å². The summed E-state index contributed by atoms with van der Waals surface area (Å²) in [4.78, 5) is 12.7. The molecule has 1 N–H and O–H groups in total. The number of thiophene rings is 1. The molecule has 1 unspecified atom stereocenters. The Bertz CT molecular complexity index is 1160. The number of hydrogen-bond donors (Lipinski definition) is 1. The van der Waals surface area contributed by atoms with E-state index in [1.54, 1.807) is 17.5 Å². The minimum atomic E-state index is -3.70. The lowest BCUT2D eigenvalue weighted by Gasteiger charge is -2.21. The maximum absolute atomic E-state index is 12.8. The van der Waals surface area contributed by atoms with Crippen LogP contribution in [-0.2, 0) is 21.2 Å². The average molecular weight is 447 g/mol. The highest BCUT2D eigenvalue weighted by Gasteiger charge is 2.40. The van der Waals surface area contributed by atoms with Crippen LogP contribution < -0.4 is 5.32 Å². The number of carbonyl (C=O) groups is 1. The zero-order valence-corrected chi connectivity index (χ0v) is 18.3. The molecule has 0 aliphatic carbocycles. The Kier molecular flexibility index (Phi) is 5.72. The SMILES string of the molecule is Cc1ccc(Cc2nnc(NC(=O)C3CCCN3S(=O)(=O)c3cccs3)o2)cc1C. The van der Waals surface area contributed by atoms with Crippen LogP contribution in [0.3, 0.4) is 0 Å². The number of benzene rings is 1. The molecule has 30 heavy (non-hydrogen) atoms. The lowest BCUT2D eigenvalue weighted by atomic mass is 10.0. The van der Waals surface area contributed by atoms with Gasteiger partial charge in [-0.25, -0.2) is 8.42 Å². The van der Waals surface area contributed by atoms with Gasteiger partial charge in [0.1, 0.15) is 10.3 Å². The fraction of sp³-hybridized carbons (Fsp3) is 0.350. The van der Waals surface area contributed by atoms with Crippen LogP contribution in [0.15, 0.2) is 44.3 Å². The number of aryl methyl sites for hydroxylation is 2. The zero-order valence-electron chi connectivity index (χ0n) is 16.7. The summed E-state index contributed by atoms with van der Waals surface area (Å²) in [5.41, 5.74) is 3.41. The summed E-state index contributed by atoms with van der Waals surface area (Å²) < 4.78 is 32.7. The monoisotopic (exact) mass is 446 g/mol. The van der Waals surface area contributed by atoms with Crippen LogP contribution in [0.4, 0.5) is 6.01 Å². The first-order valence-electron chi connectivity index (χ1n) is 9.59. The van der Waals surface area contributed by atoms with Gasteiger partial charge in [-0.15, -0.1) is 16.4 Å². The van der Waals surface area contributed by atoms with Gasteiger partial charge in [0.15, 0.2) is 0 Å². The van der Waals surface area contributed by atoms with Crippen molar-refractivity contribution >= 4 is 33.3 Å². The smallest absolute Gasteiger partial charge is 0.322 e. The lowest BCUT2D eigenvalue weighted by Crippen LogP contribution is -2.42. The fourth-order valence-electron chi connectivity index (χ4n) is 3.47. The molecule has 0 bridgehead atoms. The number of aromatic nitrogens is 2. The summed E-state index contributed by atoms with van der Waals surface area (Å²) in [5.74, 6) is -0.0861. The molecule has 1 saturated heterocycles. The van der Waals surface area contributed by atoms with Crippen molar-refractivity contribution < 1.29 is 17.6 Å². The summed E-state index contributed by atoms with van der Waals surface area (Å²) in [6.45, 7) is 4.39. The Morgan fingerprint density at radius 3 is 2.83 bits per heavy atom. The van der Waals surface area contributed by atoms with E-state index in [-0.39, 0.29) is 10.2 Å². The molecule has 8 nitrogen and oxygen atoms in total. The first kappa shape index (κ1) is 20.7. The fourth-order valence-corrected chi connectivity index (χ4v) is 6.24. The Morgan fingerprint density at radius 1 is 1.27 bits per heavy atom. The minimum absolute atomic E-state index is 0.0285. The summed E-state index contributed by atoms with van der Waals surface area (Å²) in [6, 6.07) is 8.49. The molecule has 4 rings (SSSR count). The van der Waals surface area contributed by atoms with Gasteiger partial charge in [0.2, 0.25) is 11.8 Å². The number of sulfonamides is 1. The molecular formula is C20H22N4O4S2. The van der Waals surface area contributed by atoms with Gasteiger partial charge in [-0.3, -0.25) is 10.1 Å². The molecular weight excluding hydrogens is 424 g/mol. The number of rotatable bonds is 6. The molecule has 1 aliphatic heterocycles. The van der Waals surface area contributed by atoms with E-state index < -0.39 is 22.0 Å². The van der Waals surface area contributed by atoms with E-state index in [0.717, 1.165) is 16.9 Å². The van der Waals surface area contributed by atoms with Crippen molar-refractivity contribution in [1.29, 1.82) is 0 Å². The van der Waals surface area contributed by atoms with E-state index >= 15 is 0 Å². The van der Waals surface area contributed by atoms with E-state index in [1.165, 1.54) is 15.4 Å². The van der Waals surface area contributed by atoms with Crippen LogP contribution in [0.1, 0.15) is 35.4 Å². The van der Waals surface area contributed by atoms with Crippen molar-refractivity contribution in [2.24, 2.45) is 0 Å². The molecule has 158 valence electrons. The van der Waals surface area contributed by atoms with E-state index in [1.807, 2.05) is 26.0 Å². The first-order chi connectivity index (χ1) is 14.3. The molecule has 0 radical (unpaired) electrons. The standard InChI is InChI=1S/C20H22N4O4S2/c1-13-7-8-15(11-14(13)2)12-17-22-23-20(28-17)21-19(25)16-5-3-9-24(16)30(26,27)18-6-4-10-29-18/h4,6-8,10-11,16H,3,5,9,12H2,1-2H3,(H,21,23,25). The van der Waals surface area contributed by atoms with Crippen molar-refractivity contribution in [3.63, 3.8) is 0 Å². The Labute approximate surface area is 179 Å². The molecule has 1 atom stereocenters. The third-order valence-electron chi connectivity index (χ3n) is 5.19. The topological polar surface area (TPSA) is 105 Å². The van der Waals surface area contributed by atoms with E-state index in [2.05, 4.69) is 21.6 Å². The predicted octanol–water partition coefficient (Wildman–Crippen LogP) is 3.13. The Hall–Kier alpha value is -2.56. The molecule has 3 heterocycles. The van der Waals surface area contributed by atoms with Gasteiger partial charge in [0, 0.05) is 6.54 Å². The normalized spacial score (nSPS) is 17.3. The largest absolute Gasteiger partial charge is 0.407 e. The number of amides is 1. The number of anilines is 1. The van der Waals surface area contributed by atoms with Crippen molar-refractivity contribution in [3.05, 3.63) is 58.3 Å². The summed E-state index contributed by atoms with van der Waals surface area (Å²) in [7, 11) is -3.70. The zero-order chi connectivity index (χ0) is 21.3. The second-order valence-electron chi connectivity index (χ2n) is 7.29. The highest BCUT2D eigenvalue weighted by Crippen LogP contribution is 2.29. The van der Waals surface area contributed by atoms with Gasteiger partial charge in [-0.1, -0.05) is 29.4 Å². The van der Waals surface area contributed by atoms with Gasteiger partial charge in [-0.05, 0) is 54.8 Å². The van der Waals surface area contributed by atoms with E-state index in [0.29, 0.717) is 31.7 Å². The second kappa shape index (κ2) is 8.29. The highest BCUT2D eigenvalue weighted by molar-refractivity contribution is 7.91. The summed E-state index contributed by atoms with van der Waals surface area (Å²) >= 11 is 1.14. The second-order valence-corrected chi connectivity index (χ2v) is 10.4. The minimum Gasteiger partial charge on any atom is -0.407 e. The molecule has 10 heteroatoms. The quantitative estimate of drug-likeness (QED) is 0.624. The molecule has 0 spiro atoms. The summed E-state index contributed by atoms with van der Waals surface area (Å²) in [5, 5.41) is 12.2. The van der Waals surface area contributed by atoms with Gasteiger partial charge in [0.05, 0.1) is 6.42 Å². The average Bonchev–Trinajstić information content (AvgIpc) is 3.46. The number of carbonyl (C=O) groups excluding carboxylic acids is 1. The molecule has 1 aliphatic rings. The van der Waals surface area contributed by atoms with Gasteiger partial charge < -0.3 is 4.42 Å². The maximum atomic E-state index is 12.8. The third kappa shape index (κ3) is 4.16. The van der Waals surface area contributed by atoms with Gasteiger partial charge >= 0.3 is 6.01 Å².